The average Bonchev–Trinajstić information content (AvgIpc) is 2.78. The Hall–Kier alpha value is -3.49. The molecule has 0 aromatic heterocycles. The molecule has 3 aromatic carbocycles. The average molecular weight is 389 g/mol. The minimum atomic E-state index is -0.750. The van der Waals surface area contributed by atoms with Crippen molar-refractivity contribution >= 4 is 0 Å². The molecule has 0 saturated carbocycles. The molecule has 0 spiro atoms. The van der Waals surface area contributed by atoms with Crippen LogP contribution in [-0.4, -0.2) is 31.0 Å². The van der Waals surface area contributed by atoms with Gasteiger partial charge in [-0.05, 0) is 66.6 Å². The maximum absolute atomic E-state index is 10.1. The molecule has 148 valence electrons. The van der Waals surface area contributed by atoms with Crippen molar-refractivity contribution in [3.05, 3.63) is 78.4 Å². The van der Waals surface area contributed by atoms with Crippen LogP contribution in [0.2, 0.25) is 0 Å². The molecule has 0 aliphatic carbocycles. The molecule has 0 radical (unpaired) electrons. The molecule has 1 N–H and O–H groups in total. The van der Waals surface area contributed by atoms with Gasteiger partial charge >= 0.3 is 0 Å². The molecule has 3 rings (SSSR count). The molecule has 5 heteroatoms. The third kappa shape index (κ3) is 6.00. The SMILES string of the molecule is CCOc1ccc(OC[C@@H](O)COc2ccc(-c3ccc(C#N)cc3)cc2)cc1. The highest BCUT2D eigenvalue weighted by Crippen LogP contribution is 2.23. The van der Waals surface area contributed by atoms with Crippen molar-refractivity contribution in [2.75, 3.05) is 19.8 Å². The Labute approximate surface area is 170 Å². The normalized spacial score (nSPS) is 11.3. The van der Waals surface area contributed by atoms with Crippen LogP contribution in [0.1, 0.15) is 12.5 Å². The molecule has 29 heavy (non-hydrogen) atoms. The minimum Gasteiger partial charge on any atom is -0.494 e. The second kappa shape index (κ2) is 10.2. The molecular weight excluding hydrogens is 366 g/mol. The van der Waals surface area contributed by atoms with E-state index < -0.39 is 6.10 Å². The van der Waals surface area contributed by atoms with Gasteiger partial charge in [-0.1, -0.05) is 24.3 Å². The Bertz CT molecular complexity index is 929. The van der Waals surface area contributed by atoms with Crippen LogP contribution in [0.15, 0.2) is 72.8 Å². The fourth-order valence-corrected chi connectivity index (χ4v) is 2.71. The monoisotopic (exact) mass is 389 g/mol. The van der Waals surface area contributed by atoms with Crippen LogP contribution in [0.4, 0.5) is 0 Å². The van der Waals surface area contributed by atoms with E-state index in [4.69, 9.17) is 19.5 Å². The molecule has 0 bridgehead atoms. The molecule has 0 saturated heterocycles. The van der Waals surface area contributed by atoms with Crippen molar-refractivity contribution in [1.29, 1.82) is 5.26 Å². The lowest BCUT2D eigenvalue weighted by molar-refractivity contribution is 0.0626. The maximum Gasteiger partial charge on any atom is 0.122 e. The molecule has 1 atom stereocenters. The summed E-state index contributed by atoms with van der Waals surface area (Å²) in [5.74, 6) is 2.12. The fraction of sp³-hybridized carbons (Fsp3) is 0.208. The van der Waals surface area contributed by atoms with E-state index in [9.17, 15) is 5.11 Å². The fourth-order valence-electron chi connectivity index (χ4n) is 2.71. The minimum absolute atomic E-state index is 0.132. The van der Waals surface area contributed by atoms with E-state index >= 15 is 0 Å². The molecule has 0 aliphatic heterocycles. The first-order chi connectivity index (χ1) is 14.2. The Morgan fingerprint density at radius 1 is 0.724 bits per heavy atom. The number of nitriles is 1. The summed E-state index contributed by atoms with van der Waals surface area (Å²) in [7, 11) is 0. The number of nitrogens with zero attached hydrogens (tertiary/aromatic N) is 1. The molecule has 0 aliphatic rings. The van der Waals surface area contributed by atoms with Crippen LogP contribution in [0.3, 0.4) is 0 Å². The van der Waals surface area contributed by atoms with Crippen LogP contribution >= 0.6 is 0 Å². The van der Waals surface area contributed by atoms with Gasteiger partial charge in [-0.15, -0.1) is 0 Å². The maximum atomic E-state index is 10.1. The highest BCUT2D eigenvalue weighted by atomic mass is 16.5. The van der Waals surface area contributed by atoms with E-state index in [0.29, 0.717) is 23.7 Å². The summed E-state index contributed by atoms with van der Waals surface area (Å²) < 4.78 is 16.6. The van der Waals surface area contributed by atoms with E-state index in [0.717, 1.165) is 16.9 Å². The van der Waals surface area contributed by atoms with Gasteiger partial charge in [0.25, 0.3) is 0 Å². The predicted octanol–water partition coefficient (Wildman–Crippen LogP) is 4.44. The van der Waals surface area contributed by atoms with Gasteiger partial charge in [-0.25, -0.2) is 0 Å². The first kappa shape index (κ1) is 20.2. The Morgan fingerprint density at radius 2 is 1.14 bits per heavy atom. The Morgan fingerprint density at radius 3 is 1.59 bits per heavy atom. The lowest BCUT2D eigenvalue weighted by Gasteiger charge is -2.14. The van der Waals surface area contributed by atoms with Crippen LogP contribution < -0.4 is 14.2 Å². The summed E-state index contributed by atoms with van der Waals surface area (Å²) in [6, 6.07) is 24.4. The zero-order chi connectivity index (χ0) is 20.5. The van der Waals surface area contributed by atoms with Gasteiger partial charge in [0.2, 0.25) is 0 Å². The zero-order valence-corrected chi connectivity index (χ0v) is 16.2. The highest BCUT2D eigenvalue weighted by molar-refractivity contribution is 5.64. The number of benzene rings is 3. The van der Waals surface area contributed by atoms with Gasteiger partial charge < -0.3 is 19.3 Å². The number of aliphatic hydroxyl groups is 1. The van der Waals surface area contributed by atoms with Gasteiger partial charge in [-0.3, -0.25) is 0 Å². The second-order valence-electron chi connectivity index (χ2n) is 6.39. The highest BCUT2D eigenvalue weighted by Gasteiger charge is 2.07. The largest absolute Gasteiger partial charge is 0.494 e. The van der Waals surface area contributed by atoms with Crippen molar-refractivity contribution in [2.45, 2.75) is 13.0 Å². The van der Waals surface area contributed by atoms with Gasteiger partial charge in [0, 0.05) is 0 Å². The second-order valence-corrected chi connectivity index (χ2v) is 6.39. The molecule has 0 amide bonds. The standard InChI is InChI=1S/C24H23NO4/c1-2-27-22-11-13-24(14-12-22)29-17-21(26)16-28-23-9-7-20(8-10-23)19-5-3-18(15-25)4-6-19/h3-14,21,26H,2,16-17H2,1H3/t21-/m0/s1. The zero-order valence-electron chi connectivity index (χ0n) is 16.2. The van der Waals surface area contributed by atoms with E-state index in [-0.39, 0.29) is 13.2 Å². The number of ether oxygens (including phenoxy) is 3. The summed E-state index contributed by atoms with van der Waals surface area (Å²) >= 11 is 0. The number of aliphatic hydroxyl groups excluding tert-OH is 1. The summed E-state index contributed by atoms with van der Waals surface area (Å²) in [5, 5.41) is 19.0. The van der Waals surface area contributed by atoms with Crippen LogP contribution in [0.25, 0.3) is 11.1 Å². The number of rotatable bonds is 9. The lowest BCUT2D eigenvalue weighted by Crippen LogP contribution is -2.25. The van der Waals surface area contributed by atoms with Gasteiger partial charge in [0.05, 0.1) is 18.2 Å². The smallest absolute Gasteiger partial charge is 0.122 e. The van der Waals surface area contributed by atoms with Crippen molar-refractivity contribution < 1.29 is 19.3 Å². The Kier molecular flexibility index (Phi) is 7.10. The van der Waals surface area contributed by atoms with Gasteiger partial charge in [-0.2, -0.15) is 5.26 Å². The third-order valence-electron chi connectivity index (χ3n) is 4.22. The first-order valence-corrected chi connectivity index (χ1v) is 9.45. The number of hydrogen-bond donors (Lipinski definition) is 1. The van der Waals surface area contributed by atoms with Crippen LogP contribution in [0, 0.1) is 11.3 Å². The molecule has 5 nitrogen and oxygen atoms in total. The predicted molar refractivity (Wildman–Crippen MR) is 111 cm³/mol. The van der Waals surface area contributed by atoms with E-state index in [1.54, 1.807) is 24.3 Å². The quantitative estimate of drug-likeness (QED) is 0.586. The third-order valence-corrected chi connectivity index (χ3v) is 4.22. The molecule has 0 fully saturated rings. The summed E-state index contributed by atoms with van der Waals surface area (Å²) in [5.41, 5.74) is 2.69. The lowest BCUT2D eigenvalue weighted by atomic mass is 10.0. The molecular formula is C24H23NO4. The molecule has 3 aromatic rings. The van der Waals surface area contributed by atoms with E-state index in [1.165, 1.54) is 0 Å². The van der Waals surface area contributed by atoms with E-state index in [1.807, 2.05) is 55.5 Å². The van der Waals surface area contributed by atoms with Crippen LogP contribution in [-0.2, 0) is 0 Å². The van der Waals surface area contributed by atoms with Gasteiger partial charge in [0.1, 0.15) is 36.6 Å². The van der Waals surface area contributed by atoms with Crippen LogP contribution in [0.5, 0.6) is 17.2 Å². The first-order valence-electron chi connectivity index (χ1n) is 9.45. The summed E-state index contributed by atoms with van der Waals surface area (Å²) in [4.78, 5) is 0. The topological polar surface area (TPSA) is 71.7 Å². The van der Waals surface area contributed by atoms with Gasteiger partial charge in [0.15, 0.2) is 0 Å². The van der Waals surface area contributed by atoms with Crippen molar-refractivity contribution in [2.24, 2.45) is 0 Å². The van der Waals surface area contributed by atoms with E-state index in [2.05, 4.69) is 6.07 Å². The van der Waals surface area contributed by atoms with Crippen molar-refractivity contribution in [1.82, 2.24) is 0 Å². The number of hydrogen-bond acceptors (Lipinski definition) is 5. The molecule has 0 unspecified atom stereocenters. The molecule has 0 heterocycles. The summed E-state index contributed by atoms with van der Waals surface area (Å²) in [6.45, 7) is 2.82. The summed E-state index contributed by atoms with van der Waals surface area (Å²) in [6.07, 6.45) is -0.750. The van der Waals surface area contributed by atoms with Crippen molar-refractivity contribution in [3.8, 4) is 34.4 Å². The Balaban J connectivity index is 1.46. The van der Waals surface area contributed by atoms with Crippen molar-refractivity contribution in [3.63, 3.8) is 0 Å².